The van der Waals surface area contributed by atoms with Crippen LogP contribution in [0.3, 0.4) is 0 Å². The summed E-state index contributed by atoms with van der Waals surface area (Å²) in [6.07, 6.45) is 0. The molecule has 108 valence electrons. The highest BCUT2D eigenvalue weighted by Crippen LogP contribution is 2.21. The summed E-state index contributed by atoms with van der Waals surface area (Å²) < 4.78 is 0. The number of rotatable bonds is 5. The van der Waals surface area contributed by atoms with Crippen molar-refractivity contribution in [3.8, 4) is 0 Å². The summed E-state index contributed by atoms with van der Waals surface area (Å²) in [6.45, 7) is 0.347. The van der Waals surface area contributed by atoms with E-state index in [2.05, 4.69) is 5.32 Å². The molecule has 2 N–H and O–H groups in total. The molecule has 0 atom stereocenters. The molecule has 2 aromatic rings. The maximum Gasteiger partial charge on any atom is 0.337 e. The maximum atomic E-state index is 11.1. The van der Waals surface area contributed by atoms with E-state index in [1.54, 1.807) is 24.3 Å². The summed E-state index contributed by atoms with van der Waals surface area (Å²) >= 11 is 5.77. The van der Waals surface area contributed by atoms with Gasteiger partial charge in [0, 0.05) is 29.4 Å². The molecular formula is C14H11ClN2O4. The molecule has 7 heteroatoms. The average Bonchev–Trinajstić information content (AvgIpc) is 2.46. The summed E-state index contributed by atoms with van der Waals surface area (Å²) in [5, 5.41) is 23.0. The van der Waals surface area contributed by atoms with Gasteiger partial charge in [-0.2, -0.15) is 0 Å². The van der Waals surface area contributed by atoms with Crippen LogP contribution in [0.1, 0.15) is 15.9 Å². The minimum Gasteiger partial charge on any atom is -0.478 e. The fourth-order valence-corrected chi connectivity index (χ4v) is 1.95. The number of nitro groups is 1. The van der Waals surface area contributed by atoms with Gasteiger partial charge in [-0.1, -0.05) is 23.7 Å². The number of aromatic carboxylic acids is 1. The first kappa shape index (κ1) is 14.8. The maximum absolute atomic E-state index is 11.1. The number of anilines is 1. The zero-order valence-electron chi connectivity index (χ0n) is 10.7. The molecule has 0 heterocycles. The van der Waals surface area contributed by atoms with Gasteiger partial charge in [0.25, 0.3) is 5.69 Å². The molecule has 21 heavy (non-hydrogen) atoms. The lowest BCUT2D eigenvalue weighted by Gasteiger charge is -2.10. The number of nitro benzene ring substituents is 1. The summed E-state index contributed by atoms with van der Waals surface area (Å²) in [5.41, 5.74) is 1.32. The predicted octanol–water partition coefficient (Wildman–Crippen LogP) is 3.56. The SMILES string of the molecule is O=C(O)c1cc(Cl)ccc1NCc1ccc([N+](=O)[O-])cc1. The van der Waals surface area contributed by atoms with Gasteiger partial charge in [-0.05, 0) is 23.8 Å². The second kappa shape index (κ2) is 6.23. The fourth-order valence-electron chi connectivity index (χ4n) is 1.78. The molecule has 6 nitrogen and oxygen atoms in total. The van der Waals surface area contributed by atoms with Gasteiger partial charge in [-0.25, -0.2) is 4.79 Å². The first-order valence-corrected chi connectivity index (χ1v) is 6.35. The standard InChI is InChI=1S/C14H11ClN2O4/c15-10-3-6-13(12(7-10)14(18)19)16-8-9-1-4-11(5-2-9)17(20)21/h1-7,16H,8H2,(H,18,19). The van der Waals surface area contributed by atoms with Gasteiger partial charge >= 0.3 is 5.97 Å². The monoisotopic (exact) mass is 306 g/mol. The normalized spacial score (nSPS) is 10.1. The van der Waals surface area contributed by atoms with Crippen molar-refractivity contribution in [2.45, 2.75) is 6.54 Å². The van der Waals surface area contributed by atoms with E-state index in [0.717, 1.165) is 5.56 Å². The van der Waals surface area contributed by atoms with E-state index in [1.165, 1.54) is 18.2 Å². The van der Waals surface area contributed by atoms with Crippen molar-refractivity contribution in [2.75, 3.05) is 5.32 Å². The predicted molar refractivity (Wildman–Crippen MR) is 78.8 cm³/mol. The Morgan fingerprint density at radius 1 is 1.24 bits per heavy atom. The van der Waals surface area contributed by atoms with Gasteiger partial charge < -0.3 is 10.4 Å². The summed E-state index contributed by atoms with van der Waals surface area (Å²) in [5.74, 6) is -1.08. The first-order valence-electron chi connectivity index (χ1n) is 5.97. The van der Waals surface area contributed by atoms with Crippen LogP contribution in [-0.2, 0) is 6.54 Å². The molecule has 0 aromatic heterocycles. The number of hydrogen-bond acceptors (Lipinski definition) is 4. The third-order valence-corrected chi connectivity index (χ3v) is 3.08. The van der Waals surface area contributed by atoms with Crippen molar-refractivity contribution in [3.05, 3.63) is 68.7 Å². The van der Waals surface area contributed by atoms with Gasteiger partial charge in [-0.3, -0.25) is 10.1 Å². The molecule has 0 saturated carbocycles. The van der Waals surface area contributed by atoms with E-state index in [-0.39, 0.29) is 11.3 Å². The van der Waals surface area contributed by atoms with Crippen molar-refractivity contribution in [3.63, 3.8) is 0 Å². The molecule has 0 aliphatic heterocycles. The van der Waals surface area contributed by atoms with Crippen molar-refractivity contribution < 1.29 is 14.8 Å². The molecule has 0 fully saturated rings. The van der Waals surface area contributed by atoms with Gasteiger partial charge in [0.1, 0.15) is 0 Å². The molecule has 0 spiro atoms. The smallest absolute Gasteiger partial charge is 0.337 e. The van der Waals surface area contributed by atoms with Gasteiger partial charge in [0.05, 0.1) is 10.5 Å². The van der Waals surface area contributed by atoms with Crippen LogP contribution in [0.15, 0.2) is 42.5 Å². The lowest BCUT2D eigenvalue weighted by atomic mass is 10.1. The quantitative estimate of drug-likeness (QED) is 0.651. The molecule has 0 unspecified atom stereocenters. The Labute approximate surface area is 125 Å². The van der Waals surface area contributed by atoms with E-state index in [1.807, 2.05) is 0 Å². The Kier molecular flexibility index (Phi) is 4.39. The molecule has 0 bridgehead atoms. The van der Waals surface area contributed by atoms with Gasteiger partial charge in [-0.15, -0.1) is 0 Å². The summed E-state index contributed by atoms with van der Waals surface area (Å²) in [6, 6.07) is 10.6. The van der Waals surface area contributed by atoms with Crippen LogP contribution in [0.25, 0.3) is 0 Å². The minimum atomic E-state index is -1.08. The molecule has 2 aromatic carbocycles. The van der Waals surface area contributed by atoms with Gasteiger partial charge in [0.15, 0.2) is 0 Å². The van der Waals surface area contributed by atoms with Crippen LogP contribution in [-0.4, -0.2) is 16.0 Å². The van der Waals surface area contributed by atoms with E-state index < -0.39 is 10.9 Å². The average molecular weight is 307 g/mol. The van der Waals surface area contributed by atoms with Crippen LogP contribution in [0, 0.1) is 10.1 Å². The Bertz CT molecular complexity index is 686. The number of non-ortho nitro benzene ring substituents is 1. The van der Waals surface area contributed by atoms with Crippen LogP contribution < -0.4 is 5.32 Å². The Morgan fingerprint density at radius 2 is 1.90 bits per heavy atom. The number of benzene rings is 2. The largest absolute Gasteiger partial charge is 0.478 e. The van der Waals surface area contributed by atoms with Crippen molar-refractivity contribution in [1.82, 2.24) is 0 Å². The lowest BCUT2D eigenvalue weighted by molar-refractivity contribution is -0.384. The fraction of sp³-hybridized carbons (Fsp3) is 0.0714. The van der Waals surface area contributed by atoms with Crippen LogP contribution in [0.2, 0.25) is 5.02 Å². The van der Waals surface area contributed by atoms with Crippen LogP contribution in [0.5, 0.6) is 0 Å². The number of carboxylic acid groups (broad SMARTS) is 1. The molecular weight excluding hydrogens is 296 g/mol. The van der Waals surface area contributed by atoms with E-state index >= 15 is 0 Å². The first-order chi connectivity index (χ1) is 9.97. The highest BCUT2D eigenvalue weighted by Gasteiger charge is 2.11. The van der Waals surface area contributed by atoms with Gasteiger partial charge in [0.2, 0.25) is 0 Å². The summed E-state index contributed by atoms with van der Waals surface area (Å²) in [4.78, 5) is 21.2. The highest BCUT2D eigenvalue weighted by molar-refractivity contribution is 6.31. The molecule has 0 radical (unpaired) electrons. The van der Waals surface area contributed by atoms with E-state index in [0.29, 0.717) is 17.3 Å². The number of carbonyl (C=O) groups is 1. The zero-order chi connectivity index (χ0) is 15.4. The van der Waals surface area contributed by atoms with Crippen molar-refractivity contribution in [1.29, 1.82) is 0 Å². The second-order valence-electron chi connectivity index (χ2n) is 4.27. The van der Waals surface area contributed by atoms with Crippen LogP contribution in [0.4, 0.5) is 11.4 Å². The Hall–Kier alpha value is -2.60. The summed E-state index contributed by atoms with van der Waals surface area (Å²) in [7, 11) is 0. The Balaban J connectivity index is 2.13. The Morgan fingerprint density at radius 3 is 2.48 bits per heavy atom. The zero-order valence-corrected chi connectivity index (χ0v) is 11.5. The molecule has 0 aliphatic carbocycles. The number of nitrogens with one attached hydrogen (secondary N) is 1. The molecule has 2 rings (SSSR count). The third-order valence-electron chi connectivity index (χ3n) is 2.84. The molecule has 0 amide bonds. The topological polar surface area (TPSA) is 92.5 Å². The van der Waals surface area contributed by atoms with Crippen molar-refractivity contribution >= 4 is 28.9 Å². The minimum absolute atomic E-state index is 0.0106. The molecule has 0 saturated heterocycles. The number of carboxylic acids is 1. The second-order valence-corrected chi connectivity index (χ2v) is 4.71. The lowest BCUT2D eigenvalue weighted by Crippen LogP contribution is -2.06. The van der Waals surface area contributed by atoms with Crippen LogP contribution >= 0.6 is 11.6 Å². The number of hydrogen-bond donors (Lipinski definition) is 2. The third kappa shape index (κ3) is 3.70. The van der Waals surface area contributed by atoms with Crippen molar-refractivity contribution in [2.24, 2.45) is 0 Å². The van der Waals surface area contributed by atoms with E-state index in [9.17, 15) is 14.9 Å². The molecule has 0 aliphatic rings. The number of nitrogens with zero attached hydrogens (tertiary/aromatic N) is 1. The number of halogens is 1. The highest BCUT2D eigenvalue weighted by atomic mass is 35.5. The van der Waals surface area contributed by atoms with E-state index in [4.69, 9.17) is 16.7 Å².